The summed E-state index contributed by atoms with van der Waals surface area (Å²) >= 11 is 0. The Balaban J connectivity index is 2.65. The summed E-state index contributed by atoms with van der Waals surface area (Å²) < 4.78 is 36.6. The number of piperidine rings is 1. The second kappa shape index (κ2) is 7.29. The van der Waals surface area contributed by atoms with Crippen LogP contribution in [0.1, 0.15) is 46.0 Å². The molecule has 1 fully saturated rings. The molecule has 0 aromatic carbocycles. The number of hydrogen-bond donors (Lipinski definition) is 1. The van der Waals surface area contributed by atoms with Crippen LogP contribution < -0.4 is 0 Å². The van der Waals surface area contributed by atoms with E-state index in [4.69, 9.17) is 0 Å². The standard InChI is InChI=1S/C15H24F3NO2/c1-12(2)4-7-14(11-20)6-3-9-19(10-14)13(21)5-8-15(16,17)18/h4,20H,3,5-11H2,1-2H3/t14-/m1/s1. The lowest BCUT2D eigenvalue weighted by Gasteiger charge is -2.41. The average Bonchev–Trinajstić information content (AvgIpc) is 2.42. The van der Waals surface area contributed by atoms with Crippen molar-refractivity contribution in [3.8, 4) is 0 Å². The minimum atomic E-state index is -4.30. The maximum atomic E-state index is 12.2. The summed E-state index contributed by atoms with van der Waals surface area (Å²) in [6.07, 6.45) is -1.72. The topological polar surface area (TPSA) is 40.5 Å². The Morgan fingerprint density at radius 1 is 1.38 bits per heavy atom. The fourth-order valence-corrected chi connectivity index (χ4v) is 2.61. The van der Waals surface area contributed by atoms with Crippen molar-refractivity contribution in [2.45, 2.75) is 52.1 Å². The SMILES string of the molecule is CC(C)=CC[C@]1(CO)CCCN(C(=O)CCC(F)(F)F)C1. The summed E-state index contributed by atoms with van der Waals surface area (Å²) in [7, 11) is 0. The number of hydrogen-bond acceptors (Lipinski definition) is 2. The van der Waals surface area contributed by atoms with E-state index < -0.39 is 30.3 Å². The molecule has 1 rings (SSSR count). The molecular formula is C15H24F3NO2. The number of amides is 1. The zero-order chi connectivity index (χ0) is 16.1. The third kappa shape index (κ3) is 6.08. The van der Waals surface area contributed by atoms with Crippen LogP contribution in [0, 0.1) is 5.41 Å². The first kappa shape index (κ1) is 18.0. The summed E-state index contributed by atoms with van der Waals surface area (Å²) in [6, 6.07) is 0. The largest absolute Gasteiger partial charge is 0.396 e. The van der Waals surface area contributed by atoms with Crippen molar-refractivity contribution in [2.24, 2.45) is 5.41 Å². The van der Waals surface area contributed by atoms with Crippen LogP contribution in [0.15, 0.2) is 11.6 Å². The summed E-state index contributed by atoms with van der Waals surface area (Å²) in [5.74, 6) is -0.470. The van der Waals surface area contributed by atoms with E-state index >= 15 is 0 Å². The van der Waals surface area contributed by atoms with Crippen molar-refractivity contribution in [1.82, 2.24) is 4.90 Å². The number of carbonyl (C=O) groups is 1. The number of likely N-dealkylation sites (tertiary alicyclic amines) is 1. The van der Waals surface area contributed by atoms with E-state index in [1.165, 1.54) is 4.90 Å². The maximum Gasteiger partial charge on any atom is 0.389 e. The Morgan fingerprint density at radius 3 is 2.57 bits per heavy atom. The van der Waals surface area contributed by atoms with Crippen LogP contribution in [0.3, 0.4) is 0 Å². The Kier molecular flexibility index (Phi) is 6.25. The van der Waals surface area contributed by atoms with Crippen LogP contribution in [0.25, 0.3) is 0 Å². The van der Waals surface area contributed by atoms with Gasteiger partial charge in [-0.25, -0.2) is 0 Å². The van der Waals surface area contributed by atoms with Crippen molar-refractivity contribution in [3.63, 3.8) is 0 Å². The average molecular weight is 307 g/mol. The first-order valence-electron chi connectivity index (χ1n) is 7.26. The lowest BCUT2D eigenvalue weighted by atomic mass is 9.77. The molecule has 122 valence electrons. The monoisotopic (exact) mass is 307 g/mol. The number of rotatable bonds is 5. The van der Waals surface area contributed by atoms with Gasteiger partial charge in [0.25, 0.3) is 0 Å². The Morgan fingerprint density at radius 2 is 2.05 bits per heavy atom. The van der Waals surface area contributed by atoms with E-state index in [1.807, 2.05) is 19.9 Å². The molecule has 0 unspecified atom stereocenters. The third-order valence-electron chi connectivity index (χ3n) is 3.92. The number of carbonyl (C=O) groups excluding carboxylic acids is 1. The van der Waals surface area contributed by atoms with Crippen LogP contribution in [-0.4, -0.2) is 41.8 Å². The Bertz CT molecular complexity index is 389. The summed E-state index contributed by atoms with van der Waals surface area (Å²) in [5, 5.41) is 9.67. The number of halogens is 3. The first-order valence-corrected chi connectivity index (χ1v) is 7.26. The highest BCUT2D eigenvalue weighted by atomic mass is 19.4. The highest BCUT2D eigenvalue weighted by molar-refractivity contribution is 5.76. The van der Waals surface area contributed by atoms with Crippen molar-refractivity contribution < 1.29 is 23.1 Å². The quantitative estimate of drug-likeness (QED) is 0.792. The van der Waals surface area contributed by atoms with E-state index in [0.717, 1.165) is 18.4 Å². The number of aliphatic hydroxyl groups excluding tert-OH is 1. The maximum absolute atomic E-state index is 12.2. The van der Waals surface area contributed by atoms with Gasteiger partial charge in [0.15, 0.2) is 0 Å². The van der Waals surface area contributed by atoms with Gasteiger partial charge in [-0.15, -0.1) is 0 Å². The molecule has 0 saturated carbocycles. The fraction of sp³-hybridized carbons (Fsp3) is 0.800. The predicted molar refractivity (Wildman–Crippen MR) is 74.7 cm³/mol. The second-order valence-corrected chi connectivity index (χ2v) is 6.18. The van der Waals surface area contributed by atoms with Gasteiger partial charge in [-0.2, -0.15) is 13.2 Å². The van der Waals surface area contributed by atoms with Crippen molar-refractivity contribution in [2.75, 3.05) is 19.7 Å². The highest BCUT2D eigenvalue weighted by Crippen LogP contribution is 2.34. The van der Waals surface area contributed by atoms with Crippen LogP contribution in [0.5, 0.6) is 0 Å². The van der Waals surface area contributed by atoms with Gasteiger partial charge in [0, 0.05) is 24.9 Å². The summed E-state index contributed by atoms with van der Waals surface area (Å²) in [5.41, 5.74) is 0.715. The van der Waals surface area contributed by atoms with Gasteiger partial charge < -0.3 is 10.0 Å². The zero-order valence-corrected chi connectivity index (χ0v) is 12.7. The summed E-state index contributed by atoms with van der Waals surface area (Å²) in [6.45, 7) is 4.68. The Labute approximate surface area is 123 Å². The molecule has 1 heterocycles. The Hall–Kier alpha value is -1.04. The van der Waals surface area contributed by atoms with Crippen molar-refractivity contribution >= 4 is 5.91 Å². The van der Waals surface area contributed by atoms with Gasteiger partial charge >= 0.3 is 6.18 Å². The molecule has 0 aromatic rings. The van der Waals surface area contributed by atoms with E-state index in [2.05, 4.69) is 0 Å². The van der Waals surface area contributed by atoms with Crippen molar-refractivity contribution in [1.29, 1.82) is 0 Å². The van der Waals surface area contributed by atoms with Gasteiger partial charge in [-0.1, -0.05) is 11.6 Å². The predicted octanol–water partition coefficient (Wildman–Crippen LogP) is 3.29. The smallest absolute Gasteiger partial charge is 0.389 e. The number of alkyl halides is 3. The number of aliphatic hydroxyl groups is 1. The molecule has 1 aliphatic rings. The number of nitrogens with zero attached hydrogens (tertiary/aromatic N) is 1. The molecule has 1 saturated heterocycles. The third-order valence-corrected chi connectivity index (χ3v) is 3.92. The molecule has 6 heteroatoms. The highest BCUT2D eigenvalue weighted by Gasteiger charge is 2.37. The van der Waals surface area contributed by atoms with Crippen LogP contribution in [0.2, 0.25) is 0 Å². The van der Waals surface area contributed by atoms with Gasteiger partial charge in [0.05, 0.1) is 13.0 Å². The zero-order valence-electron chi connectivity index (χ0n) is 12.7. The molecule has 0 bridgehead atoms. The van der Waals surface area contributed by atoms with Gasteiger partial charge in [-0.3, -0.25) is 4.79 Å². The minimum Gasteiger partial charge on any atom is -0.396 e. The minimum absolute atomic E-state index is 0.0557. The molecule has 21 heavy (non-hydrogen) atoms. The van der Waals surface area contributed by atoms with E-state index in [-0.39, 0.29) is 6.61 Å². The van der Waals surface area contributed by atoms with E-state index in [9.17, 15) is 23.1 Å². The molecule has 3 nitrogen and oxygen atoms in total. The lowest BCUT2D eigenvalue weighted by Crippen LogP contribution is -2.47. The van der Waals surface area contributed by atoms with Gasteiger partial charge in [0.1, 0.15) is 0 Å². The fourth-order valence-electron chi connectivity index (χ4n) is 2.61. The molecule has 1 amide bonds. The van der Waals surface area contributed by atoms with Crippen molar-refractivity contribution in [3.05, 3.63) is 11.6 Å². The number of allylic oxidation sites excluding steroid dienone is 2. The van der Waals surface area contributed by atoms with Gasteiger partial charge in [-0.05, 0) is 33.1 Å². The lowest BCUT2D eigenvalue weighted by molar-refractivity contribution is -0.151. The van der Waals surface area contributed by atoms with Gasteiger partial charge in [0.2, 0.25) is 5.91 Å². The molecule has 1 aliphatic heterocycles. The molecule has 0 aliphatic carbocycles. The van der Waals surface area contributed by atoms with Crippen LogP contribution >= 0.6 is 0 Å². The molecule has 1 N–H and O–H groups in total. The second-order valence-electron chi connectivity index (χ2n) is 6.18. The molecule has 0 spiro atoms. The van der Waals surface area contributed by atoms with E-state index in [0.29, 0.717) is 19.5 Å². The molecule has 1 atom stereocenters. The molecule has 0 radical (unpaired) electrons. The normalized spacial score (nSPS) is 23.0. The molecule has 0 aromatic heterocycles. The summed E-state index contributed by atoms with van der Waals surface area (Å²) in [4.78, 5) is 13.4. The van der Waals surface area contributed by atoms with Crippen LogP contribution in [0.4, 0.5) is 13.2 Å². The van der Waals surface area contributed by atoms with E-state index in [1.54, 1.807) is 0 Å². The first-order chi connectivity index (χ1) is 9.67. The molecular weight excluding hydrogens is 283 g/mol. The van der Waals surface area contributed by atoms with Crippen LogP contribution in [-0.2, 0) is 4.79 Å².